The number of rotatable bonds is 7. The molecule has 21 heavy (non-hydrogen) atoms. The normalized spacial score (nSPS) is 11.7. The third kappa shape index (κ3) is 4.34. The zero-order valence-electron chi connectivity index (χ0n) is 12.1. The topological polar surface area (TPSA) is 71.1 Å². The molecular formula is C14H19N3O2S2. The minimum Gasteiger partial charge on any atom is -0.312 e. The van der Waals surface area contributed by atoms with Gasteiger partial charge in [0.2, 0.25) is 10.0 Å². The van der Waals surface area contributed by atoms with Gasteiger partial charge >= 0.3 is 0 Å². The van der Waals surface area contributed by atoms with Crippen LogP contribution < -0.4 is 10.0 Å². The first-order valence-electron chi connectivity index (χ1n) is 6.71. The SMILES string of the molecule is CCNCc1cc(S(=O)(=O)NCc2ncccc2C)cs1. The van der Waals surface area contributed by atoms with Gasteiger partial charge in [-0.15, -0.1) is 11.3 Å². The molecule has 0 fully saturated rings. The van der Waals surface area contributed by atoms with E-state index in [9.17, 15) is 8.42 Å². The highest BCUT2D eigenvalue weighted by Gasteiger charge is 2.16. The average molecular weight is 325 g/mol. The molecule has 5 nitrogen and oxygen atoms in total. The van der Waals surface area contributed by atoms with E-state index in [1.807, 2.05) is 26.0 Å². The van der Waals surface area contributed by atoms with E-state index in [1.54, 1.807) is 17.6 Å². The molecule has 2 aromatic rings. The molecule has 2 heterocycles. The Kier molecular flexibility index (Phi) is 5.46. The molecule has 2 aromatic heterocycles. The molecule has 7 heteroatoms. The Balaban J connectivity index is 2.05. The second-order valence-electron chi connectivity index (χ2n) is 4.62. The quantitative estimate of drug-likeness (QED) is 0.817. The van der Waals surface area contributed by atoms with Crippen molar-refractivity contribution < 1.29 is 8.42 Å². The molecule has 0 saturated heterocycles. The third-order valence-electron chi connectivity index (χ3n) is 3.04. The molecule has 0 aromatic carbocycles. The number of hydrogen-bond donors (Lipinski definition) is 2. The van der Waals surface area contributed by atoms with E-state index in [1.165, 1.54) is 11.3 Å². The van der Waals surface area contributed by atoms with Gasteiger partial charge in [0.1, 0.15) is 0 Å². The maximum absolute atomic E-state index is 12.3. The number of nitrogens with one attached hydrogen (secondary N) is 2. The second-order valence-corrected chi connectivity index (χ2v) is 7.38. The van der Waals surface area contributed by atoms with Gasteiger partial charge in [-0.3, -0.25) is 4.98 Å². The van der Waals surface area contributed by atoms with Crippen LogP contribution in [0.3, 0.4) is 0 Å². The predicted octanol–water partition coefficient (Wildman–Crippen LogP) is 2.04. The van der Waals surface area contributed by atoms with Crippen LogP contribution in [-0.4, -0.2) is 19.9 Å². The van der Waals surface area contributed by atoms with Crippen molar-refractivity contribution in [1.82, 2.24) is 15.0 Å². The van der Waals surface area contributed by atoms with Gasteiger partial charge < -0.3 is 5.32 Å². The molecule has 0 aliphatic rings. The highest BCUT2D eigenvalue weighted by molar-refractivity contribution is 7.89. The molecule has 0 unspecified atom stereocenters. The van der Waals surface area contributed by atoms with Crippen molar-refractivity contribution in [2.75, 3.05) is 6.54 Å². The van der Waals surface area contributed by atoms with Crippen LogP contribution in [0.4, 0.5) is 0 Å². The molecular weight excluding hydrogens is 306 g/mol. The number of nitrogens with zero attached hydrogens (tertiary/aromatic N) is 1. The van der Waals surface area contributed by atoms with Gasteiger partial charge in [0.05, 0.1) is 17.1 Å². The minimum atomic E-state index is -3.49. The van der Waals surface area contributed by atoms with Gasteiger partial charge in [0.25, 0.3) is 0 Å². The molecule has 114 valence electrons. The largest absolute Gasteiger partial charge is 0.312 e. The summed E-state index contributed by atoms with van der Waals surface area (Å²) in [5.41, 5.74) is 1.71. The van der Waals surface area contributed by atoms with E-state index in [-0.39, 0.29) is 6.54 Å². The van der Waals surface area contributed by atoms with Crippen LogP contribution in [0.2, 0.25) is 0 Å². The van der Waals surface area contributed by atoms with E-state index >= 15 is 0 Å². The number of aryl methyl sites for hydroxylation is 1. The Bertz CT molecular complexity index is 696. The number of pyridine rings is 1. The summed E-state index contributed by atoms with van der Waals surface area (Å²) in [4.78, 5) is 5.51. The Morgan fingerprint density at radius 3 is 2.86 bits per heavy atom. The van der Waals surface area contributed by atoms with Gasteiger partial charge in [-0.1, -0.05) is 13.0 Å². The monoisotopic (exact) mass is 325 g/mol. The molecule has 2 rings (SSSR count). The summed E-state index contributed by atoms with van der Waals surface area (Å²) < 4.78 is 27.1. The minimum absolute atomic E-state index is 0.202. The van der Waals surface area contributed by atoms with E-state index in [2.05, 4.69) is 15.0 Å². The van der Waals surface area contributed by atoms with Crippen molar-refractivity contribution >= 4 is 21.4 Å². The first-order valence-corrected chi connectivity index (χ1v) is 9.07. The number of sulfonamides is 1. The van der Waals surface area contributed by atoms with Crippen molar-refractivity contribution in [1.29, 1.82) is 0 Å². The smallest absolute Gasteiger partial charge is 0.241 e. The van der Waals surface area contributed by atoms with Crippen LogP contribution in [0.15, 0.2) is 34.7 Å². The van der Waals surface area contributed by atoms with Crippen LogP contribution in [0.1, 0.15) is 23.1 Å². The summed E-state index contributed by atoms with van der Waals surface area (Å²) in [5, 5.41) is 4.85. The lowest BCUT2D eigenvalue weighted by Crippen LogP contribution is -2.23. The van der Waals surface area contributed by atoms with E-state index in [0.717, 1.165) is 22.7 Å². The fourth-order valence-electron chi connectivity index (χ4n) is 1.79. The molecule has 0 amide bonds. The Labute approximate surface area is 129 Å². The second kappa shape index (κ2) is 7.13. The number of aromatic nitrogens is 1. The van der Waals surface area contributed by atoms with E-state index in [4.69, 9.17) is 0 Å². The highest BCUT2D eigenvalue weighted by Crippen LogP contribution is 2.19. The lowest BCUT2D eigenvalue weighted by Gasteiger charge is -2.06. The summed E-state index contributed by atoms with van der Waals surface area (Å²) in [6, 6.07) is 5.45. The van der Waals surface area contributed by atoms with Crippen molar-refractivity contribution in [2.45, 2.75) is 31.8 Å². The van der Waals surface area contributed by atoms with E-state index < -0.39 is 10.0 Å². The molecule has 0 spiro atoms. The standard InChI is InChI=1S/C14H19N3O2S2/c1-3-15-8-12-7-13(10-20-12)21(18,19)17-9-14-11(2)5-4-6-16-14/h4-7,10,15,17H,3,8-9H2,1-2H3. The van der Waals surface area contributed by atoms with Gasteiger partial charge in [-0.25, -0.2) is 13.1 Å². The van der Waals surface area contributed by atoms with E-state index in [0.29, 0.717) is 11.4 Å². The van der Waals surface area contributed by atoms with Gasteiger partial charge in [-0.05, 0) is 31.2 Å². The number of thiophene rings is 1. The van der Waals surface area contributed by atoms with Crippen LogP contribution >= 0.6 is 11.3 Å². The van der Waals surface area contributed by atoms with Crippen LogP contribution in [0, 0.1) is 6.92 Å². The molecule has 0 radical (unpaired) electrons. The summed E-state index contributed by atoms with van der Waals surface area (Å²) in [5.74, 6) is 0. The Morgan fingerprint density at radius 2 is 2.14 bits per heavy atom. The van der Waals surface area contributed by atoms with Gasteiger partial charge in [0, 0.05) is 23.0 Å². The highest BCUT2D eigenvalue weighted by atomic mass is 32.2. The zero-order chi connectivity index (χ0) is 15.3. The average Bonchev–Trinajstić information content (AvgIpc) is 2.94. The van der Waals surface area contributed by atoms with Crippen LogP contribution in [-0.2, 0) is 23.1 Å². The Morgan fingerprint density at radius 1 is 1.33 bits per heavy atom. The predicted molar refractivity (Wildman–Crippen MR) is 84.7 cm³/mol. The van der Waals surface area contributed by atoms with Gasteiger partial charge in [0.15, 0.2) is 0 Å². The molecule has 2 N–H and O–H groups in total. The summed E-state index contributed by atoms with van der Waals surface area (Å²) in [6.45, 7) is 5.68. The first kappa shape index (κ1) is 16.1. The molecule has 0 bridgehead atoms. The Hall–Kier alpha value is -1.28. The van der Waals surface area contributed by atoms with Crippen molar-refractivity contribution in [3.63, 3.8) is 0 Å². The third-order valence-corrected chi connectivity index (χ3v) is 5.50. The zero-order valence-corrected chi connectivity index (χ0v) is 13.7. The maximum atomic E-state index is 12.3. The fraction of sp³-hybridized carbons (Fsp3) is 0.357. The summed E-state index contributed by atoms with van der Waals surface area (Å²) in [6.07, 6.45) is 1.66. The van der Waals surface area contributed by atoms with Crippen molar-refractivity contribution in [2.24, 2.45) is 0 Å². The lowest BCUT2D eigenvalue weighted by atomic mass is 10.2. The van der Waals surface area contributed by atoms with Crippen molar-refractivity contribution in [3.05, 3.63) is 45.9 Å². The van der Waals surface area contributed by atoms with Crippen LogP contribution in [0.25, 0.3) is 0 Å². The molecule has 0 aliphatic heterocycles. The maximum Gasteiger partial charge on any atom is 0.241 e. The fourth-order valence-corrected chi connectivity index (χ4v) is 4.02. The van der Waals surface area contributed by atoms with Crippen molar-refractivity contribution in [3.8, 4) is 0 Å². The lowest BCUT2D eigenvalue weighted by molar-refractivity contribution is 0.580. The molecule has 0 saturated carbocycles. The summed E-state index contributed by atoms with van der Waals surface area (Å²) >= 11 is 1.44. The van der Waals surface area contributed by atoms with Gasteiger partial charge in [-0.2, -0.15) is 0 Å². The summed E-state index contributed by atoms with van der Waals surface area (Å²) in [7, 11) is -3.49. The molecule has 0 aliphatic carbocycles. The first-order chi connectivity index (χ1) is 10.0. The number of hydrogen-bond acceptors (Lipinski definition) is 5. The molecule has 0 atom stereocenters. The van der Waals surface area contributed by atoms with Crippen LogP contribution in [0.5, 0.6) is 0 Å².